The first-order valence-electron chi connectivity index (χ1n) is 24.9. The van der Waals surface area contributed by atoms with Gasteiger partial charge in [-0.05, 0) is 135 Å². The van der Waals surface area contributed by atoms with E-state index in [0.29, 0.717) is 0 Å². The van der Waals surface area contributed by atoms with Gasteiger partial charge in [-0.25, -0.2) is 0 Å². The van der Waals surface area contributed by atoms with Crippen LogP contribution >= 0.6 is 0 Å². The Hall–Kier alpha value is -9.44. The summed E-state index contributed by atoms with van der Waals surface area (Å²) in [6.07, 6.45) is 0. The maximum atomic E-state index is 2.43. The van der Waals surface area contributed by atoms with Crippen LogP contribution in [0.25, 0.3) is 71.3 Å². The van der Waals surface area contributed by atoms with Crippen molar-refractivity contribution < 1.29 is 0 Å². The lowest BCUT2D eigenvalue weighted by molar-refractivity contribution is 1.01. The largest absolute Gasteiger partial charge is 0.310 e. The number of aromatic nitrogens is 1. The van der Waals surface area contributed by atoms with E-state index in [4.69, 9.17) is 0 Å². The molecule has 0 fully saturated rings. The molecule has 12 aromatic carbocycles. The van der Waals surface area contributed by atoms with E-state index >= 15 is 0 Å². The second-order valence-electron chi connectivity index (χ2n) is 18.9. The maximum Gasteiger partial charge on any atom is 0.0542 e. The molecule has 338 valence electrons. The van der Waals surface area contributed by atoms with Crippen LogP contribution in [0.2, 0.25) is 0 Å². The zero-order chi connectivity index (χ0) is 47.5. The molecule has 1 unspecified atom stereocenters. The van der Waals surface area contributed by atoms with Gasteiger partial charge in [0.1, 0.15) is 0 Å². The number of hydrogen-bond acceptors (Lipinski definition) is 2. The summed E-state index contributed by atoms with van der Waals surface area (Å²) in [5.41, 5.74) is 19.1. The summed E-state index contributed by atoms with van der Waals surface area (Å²) in [7, 11) is 0. The van der Waals surface area contributed by atoms with Crippen molar-refractivity contribution >= 4 is 77.5 Å². The van der Waals surface area contributed by atoms with Gasteiger partial charge in [0.2, 0.25) is 0 Å². The smallest absolute Gasteiger partial charge is 0.0542 e. The summed E-state index contributed by atoms with van der Waals surface area (Å²) in [5.74, 6) is 0.194. The first kappa shape index (κ1) is 41.5. The van der Waals surface area contributed by atoms with E-state index in [9.17, 15) is 0 Å². The monoisotopic (exact) mass is 917 g/mol. The molecular weight excluding hydrogens is 871 g/mol. The highest BCUT2D eigenvalue weighted by molar-refractivity contribution is 6.11. The second kappa shape index (κ2) is 17.2. The predicted molar refractivity (Wildman–Crippen MR) is 303 cm³/mol. The molecule has 14 rings (SSSR count). The van der Waals surface area contributed by atoms with E-state index in [1.165, 1.54) is 71.2 Å². The van der Waals surface area contributed by atoms with Crippen LogP contribution in [-0.4, -0.2) is 4.57 Å². The van der Waals surface area contributed by atoms with Gasteiger partial charge >= 0.3 is 0 Å². The molecule has 1 aliphatic rings. The molecule has 72 heavy (non-hydrogen) atoms. The van der Waals surface area contributed by atoms with Crippen molar-refractivity contribution in [2.24, 2.45) is 0 Å². The van der Waals surface area contributed by atoms with Crippen molar-refractivity contribution in [2.45, 2.75) is 5.92 Å². The van der Waals surface area contributed by atoms with Crippen molar-refractivity contribution in [3.63, 3.8) is 0 Å². The molecule has 0 saturated heterocycles. The van der Waals surface area contributed by atoms with Crippen LogP contribution in [-0.2, 0) is 0 Å². The molecular formula is C69H47N3. The Balaban J connectivity index is 0.859. The van der Waals surface area contributed by atoms with Crippen molar-refractivity contribution in [3.8, 4) is 27.9 Å². The van der Waals surface area contributed by atoms with E-state index in [2.05, 4.69) is 293 Å². The molecule has 1 atom stereocenters. The predicted octanol–water partition coefficient (Wildman–Crippen LogP) is 18.9. The molecule has 1 aliphatic carbocycles. The molecule has 0 radical (unpaired) electrons. The van der Waals surface area contributed by atoms with Gasteiger partial charge < -0.3 is 14.4 Å². The summed E-state index contributed by atoms with van der Waals surface area (Å²) in [6, 6.07) is 102. The van der Waals surface area contributed by atoms with Crippen molar-refractivity contribution in [1.29, 1.82) is 0 Å². The lowest BCUT2D eigenvalue weighted by Crippen LogP contribution is -2.11. The van der Waals surface area contributed by atoms with Gasteiger partial charge in [0.05, 0.1) is 22.4 Å². The van der Waals surface area contributed by atoms with Gasteiger partial charge in [0.25, 0.3) is 0 Å². The zero-order valence-electron chi connectivity index (χ0n) is 39.5. The van der Waals surface area contributed by atoms with E-state index in [1.807, 2.05) is 0 Å². The number of hydrogen-bond donors (Lipinski definition) is 0. The number of fused-ring (bicyclic) bond motifs is 8. The number of anilines is 6. The van der Waals surface area contributed by atoms with E-state index in [0.717, 1.165) is 50.9 Å². The van der Waals surface area contributed by atoms with Crippen LogP contribution in [0.4, 0.5) is 34.1 Å². The highest BCUT2D eigenvalue weighted by Gasteiger charge is 2.31. The fraction of sp³-hybridized carbons (Fsp3) is 0.0145. The van der Waals surface area contributed by atoms with Gasteiger partial charge in [-0.1, -0.05) is 194 Å². The van der Waals surface area contributed by atoms with Gasteiger partial charge in [0, 0.05) is 55.9 Å². The quantitative estimate of drug-likeness (QED) is 0.143. The van der Waals surface area contributed by atoms with Crippen molar-refractivity contribution in [2.75, 3.05) is 9.80 Å². The van der Waals surface area contributed by atoms with E-state index in [1.54, 1.807) is 0 Å². The topological polar surface area (TPSA) is 11.4 Å². The van der Waals surface area contributed by atoms with Crippen LogP contribution in [0, 0.1) is 0 Å². The third-order valence-corrected chi connectivity index (χ3v) is 14.8. The molecule has 0 bridgehead atoms. The summed E-state index contributed by atoms with van der Waals surface area (Å²) >= 11 is 0. The Bertz CT molecular complexity index is 4140. The molecule has 13 aromatic rings. The molecule has 1 aromatic heterocycles. The SMILES string of the molecule is c1ccc(C2c3ccccc3-c3cc(N(c4ccc(-c5ccc(N(c6ccc7c(c6)c6ccccc6n7-c6ccccc6)c6cccc7ccccc67)cc5)cc4)c4cccc5ccccc45)ccc32)cc1. The molecule has 0 spiro atoms. The molecule has 0 aliphatic heterocycles. The van der Waals surface area contributed by atoms with Gasteiger partial charge in [0.15, 0.2) is 0 Å². The molecule has 3 nitrogen and oxygen atoms in total. The van der Waals surface area contributed by atoms with Crippen molar-refractivity contribution in [1.82, 2.24) is 4.57 Å². The first-order valence-corrected chi connectivity index (χ1v) is 24.9. The molecule has 3 heteroatoms. The Morgan fingerprint density at radius 2 is 0.764 bits per heavy atom. The summed E-state index contributed by atoms with van der Waals surface area (Å²) in [5, 5.41) is 7.27. The first-order chi connectivity index (χ1) is 35.7. The molecule has 0 amide bonds. The lowest BCUT2D eigenvalue weighted by Gasteiger charge is -2.28. The van der Waals surface area contributed by atoms with Crippen LogP contribution < -0.4 is 9.80 Å². The molecule has 0 N–H and O–H groups in total. The van der Waals surface area contributed by atoms with Crippen LogP contribution in [0.3, 0.4) is 0 Å². The number of benzene rings is 12. The average molecular weight is 918 g/mol. The average Bonchev–Trinajstić information content (AvgIpc) is 3.96. The normalized spacial score (nSPS) is 12.9. The fourth-order valence-electron chi connectivity index (χ4n) is 11.6. The maximum absolute atomic E-state index is 2.43. The highest BCUT2D eigenvalue weighted by Crippen LogP contribution is 2.51. The Labute approximate surface area is 419 Å². The minimum atomic E-state index is 0.194. The summed E-state index contributed by atoms with van der Waals surface area (Å²) < 4.78 is 2.38. The summed E-state index contributed by atoms with van der Waals surface area (Å²) in [6.45, 7) is 0. The molecule has 0 saturated carbocycles. The number of nitrogens with zero attached hydrogens (tertiary/aromatic N) is 3. The number of para-hydroxylation sites is 2. The summed E-state index contributed by atoms with van der Waals surface area (Å²) in [4.78, 5) is 4.85. The zero-order valence-corrected chi connectivity index (χ0v) is 39.5. The lowest BCUT2D eigenvalue weighted by atomic mass is 9.89. The second-order valence-corrected chi connectivity index (χ2v) is 18.9. The fourth-order valence-corrected chi connectivity index (χ4v) is 11.6. The van der Waals surface area contributed by atoms with Crippen molar-refractivity contribution in [3.05, 3.63) is 296 Å². The Kier molecular flexibility index (Phi) is 9.92. The minimum absolute atomic E-state index is 0.194. The third kappa shape index (κ3) is 6.89. The van der Waals surface area contributed by atoms with Gasteiger partial charge in [-0.15, -0.1) is 0 Å². The van der Waals surface area contributed by atoms with Crippen LogP contribution in [0.5, 0.6) is 0 Å². The Morgan fingerprint density at radius 3 is 1.42 bits per heavy atom. The standard InChI is InChI=1S/C69H47N3/c1-3-19-51(20-4-1)69-61-29-12-11-27-59(61)63-45-55(41-43-62(63)69)70(65-31-15-21-49-17-7-9-25-57(49)65)53-37-33-47(34-38-53)48-35-39-54(40-36-48)71(66-32-16-22-50-18-8-10-26-58(50)66)56-42-44-68-64(46-56)60-28-13-14-30-67(60)72(68)52-23-5-2-6-24-52/h1-46,69H. The van der Waals surface area contributed by atoms with Gasteiger partial charge in [-0.2, -0.15) is 0 Å². The van der Waals surface area contributed by atoms with Crippen LogP contribution in [0.1, 0.15) is 22.6 Å². The van der Waals surface area contributed by atoms with Gasteiger partial charge in [-0.3, -0.25) is 0 Å². The Morgan fingerprint density at radius 1 is 0.292 bits per heavy atom. The third-order valence-electron chi connectivity index (χ3n) is 14.8. The van der Waals surface area contributed by atoms with E-state index in [-0.39, 0.29) is 5.92 Å². The van der Waals surface area contributed by atoms with Crippen LogP contribution in [0.15, 0.2) is 279 Å². The highest BCUT2D eigenvalue weighted by atomic mass is 15.2. The number of rotatable bonds is 9. The minimum Gasteiger partial charge on any atom is -0.310 e. The van der Waals surface area contributed by atoms with E-state index < -0.39 is 0 Å². The molecule has 1 heterocycles.